The molecule has 0 radical (unpaired) electrons. The zero-order chi connectivity index (χ0) is 22.1. The average Bonchev–Trinajstić information content (AvgIpc) is 3.54. The number of furan rings is 1. The van der Waals surface area contributed by atoms with Crippen LogP contribution in [0.25, 0.3) is 33.3 Å². The summed E-state index contributed by atoms with van der Waals surface area (Å²) in [6.45, 7) is 5.92. The summed E-state index contributed by atoms with van der Waals surface area (Å²) in [5.41, 5.74) is 4.44. The number of rotatable bonds is 8. The lowest BCUT2D eigenvalue weighted by molar-refractivity contribution is -0.116. The Balaban J connectivity index is 1.33. The largest absolute Gasteiger partial charge is 0.463 e. The predicted molar refractivity (Wildman–Crippen MR) is 130 cm³/mol. The van der Waals surface area contributed by atoms with Crippen LogP contribution in [0.4, 0.5) is 0 Å². The smallest absolute Gasteiger partial charge is 0.168 e. The number of ketones is 1. The predicted octanol–water partition coefficient (Wildman–Crippen LogP) is 6.19. The van der Waals surface area contributed by atoms with E-state index in [1.165, 1.54) is 33.6 Å². The van der Waals surface area contributed by atoms with Crippen LogP contribution in [-0.4, -0.2) is 25.7 Å². The van der Waals surface area contributed by atoms with Crippen LogP contribution in [0, 0.1) is 0 Å². The van der Waals surface area contributed by atoms with Gasteiger partial charge in [-0.3, -0.25) is 4.79 Å². The lowest BCUT2D eigenvalue weighted by atomic mass is 10.1. The summed E-state index contributed by atoms with van der Waals surface area (Å²) < 4.78 is 9.93. The van der Waals surface area contributed by atoms with E-state index in [0.717, 1.165) is 35.3 Å². The number of imidazole rings is 1. The fraction of sp³-hybridized carbons (Fsp3) is 0.231. The van der Waals surface area contributed by atoms with Gasteiger partial charge in [-0.25, -0.2) is 4.98 Å². The topological polar surface area (TPSA) is 53.0 Å². The van der Waals surface area contributed by atoms with Crippen molar-refractivity contribution in [2.45, 2.75) is 38.5 Å². The molecule has 0 atom stereocenters. The summed E-state index contributed by atoms with van der Waals surface area (Å²) in [7, 11) is 0. The van der Waals surface area contributed by atoms with E-state index < -0.39 is 0 Å². The normalized spacial score (nSPS) is 11.6. The van der Waals surface area contributed by atoms with Crippen molar-refractivity contribution in [3.8, 4) is 11.5 Å². The van der Waals surface area contributed by atoms with Gasteiger partial charge in [0.2, 0.25) is 0 Å². The molecule has 0 bridgehead atoms. The van der Waals surface area contributed by atoms with Crippen molar-refractivity contribution < 1.29 is 9.21 Å². The van der Waals surface area contributed by atoms with E-state index >= 15 is 0 Å². The van der Waals surface area contributed by atoms with Gasteiger partial charge in [-0.05, 0) is 49.7 Å². The number of para-hydroxylation sites is 1. The van der Waals surface area contributed by atoms with Gasteiger partial charge in [0.15, 0.2) is 10.9 Å². The molecule has 0 N–H and O–H groups in total. The van der Waals surface area contributed by atoms with Crippen LogP contribution in [0.2, 0.25) is 0 Å². The number of carbonyl (C=O) groups is 1. The summed E-state index contributed by atoms with van der Waals surface area (Å²) in [6.07, 6.45) is 3.90. The van der Waals surface area contributed by atoms with Crippen molar-refractivity contribution >= 4 is 39.4 Å². The van der Waals surface area contributed by atoms with Crippen LogP contribution in [0.5, 0.6) is 0 Å². The summed E-state index contributed by atoms with van der Waals surface area (Å²) in [6, 6.07) is 18.7. The van der Waals surface area contributed by atoms with E-state index in [9.17, 15) is 4.79 Å². The molecule has 0 aliphatic rings. The minimum atomic E-state index is 0.193. The first-order valence-corrected chi connectivity index (χ1v) is 11.9. The molecule has 162 valence electrons. The highest BCUT2D eigenvalue weighted by molar-refractivity contribution is 7.99. The maximum atomic E-state index is 12.8. The molecule has 0 aliphatic heterocycles. The molecule has 0 saturated heterocycles. The molecule has 32 heavy (non-hydrogen) atoms. The maximum Gasteiger partial charge on any atom is 0.168 e. The number of thioether (sulfide) groups is 1. The quantitative estimate of drug-likeness (QED) is 0.268. The van der Waals surface area contributed by atoms with Crippen molar-refractivity contribution in [1.82, 2.24) is 14.1 Å². The van der Waals surface area contributed by atoms with Gasteiger partial charge in [0.05, 0.1) is 18.2 Å². The van der Waals surface area contributed by atoms with E-state index in [4.69, 9.17) is 4.42 Å². The molecule has 5 rings (SSSR count). The number of hydrogen-bond acceptors (Lipinski definition) is 4. The molecule has 2 aromatic carbocycles. The highest BCUT2D eigenvalue weighted by atomic mass is 32.2. The first-order chi connectivity index (χ1) is 15.7. The van der Waals surface area contributed by atoms with E-state index in [1.807, 2.05) is 18.3 Å². The Hall–Kier alpha value is -3.25. The molecule has 0 unspecified atom stereocenters. The Morgan fingerprint density at radius 3 is 2.56 bits per heavy atom. The highest BCUT2D eigenvalue weighted by Gasteiger charge is 2.15. The maximum absolute atomic E-state index is 12.8. The van der Waals surface area contributed by atoms with Gasteiger partial charge >= 0.3 is 0 Å². The van der Waals surface area contributed by atoms with E-state index in [-0.39, 0.29) is 5.78 Å². The Morgan fingerprint density at radius 2 is 1.78 bits per heavy atom. The minimum absolute atomic E-state index is 0.193. The Morgan fingerprint density at radius 1 is 0.969 bits per heavy atom. The minimum Gasteiger partial charge on any atom is -0.463 e. The van der Waals surface area contributed by atoms with E-state index in [0.29, 0.717) is 12.2 Å². The molecule has 3 aromatic heterocycles. The molecule has 0 aliphatic carbocycles. The van der Waals surface area contributed by atoms with Gasteiger partial charge in [0.1, 0.15) is 11.5 Å². The van der Waals surface area contributed by atoms with Crippen molar-refractivity contribution in [2.24, 2.45) is 0 Å². The third kappa shape index (κ3) is 3.65. The van der Waals surface area contributed by atoms with Crippen molar-refractivity contribution in [2.75, 3.05) is 5.75 Å². The number of aromatic nitrogens is 3. The third-order valence-electron chi connectivity index (χ3n) is 5.83. The first-order valence-electron chi connectivity index (χ1n) is 10.9. The van der Waals surface area contributed by atoms with Crippen molar-refractivity contribution in [3.63, 3.8) is 0 Å². The number of carbonyl (C=O) groups excluding carboxylic acids is 1. The molecule has 5 nitrogen and oxygen atoms in total. The Labute approximate surface area is 191 Å². The van der Waals surface area contributed by atoms with Crippen LogP contribution in [0.1, 0.15) is 19.4 Å². The molecule has 6 heteroatoms. The second-order valence-corrected chi connectivity index (χ2v) is 8.71. The van der Waals surface area contributed by atoms with E-state index in [2.05, 4.69) is 70.4 Å². The van der Waals surface area contributed by atoms with Crippen LogP contribution in [0.3, 0.4) is 0 Å². The van der Waals surface area contributed by atoms with Gasteiger partial charge in [0, 0.05) is 41.3 Å². The van der Waals surface area contributed by atoms with Crippen LogP contribution in [-0.2, 0) is 24.3 Å². The summed E-state index contributed by atoms with van der Waals surface area (Å²) in [5, 5.41) is 3.29. The Kier molecular flexibility index (Phi) is 5.62. The number of benzene rings is 2. The van der Waals surface area contributed by atoms with Crippen LogP contribution >= 0.6 is 11.8 Å². The highest BCUT2D eigenvalue weighted by Crippen LogP contribution is 2.30. The second-order valence-electron chi connectivity index (χ2n) is 7.76. The standard InChI is InChI=1S/C26H25N3O2S/c1-3-28-22-9-6-5-8-20(22)21-15-18(11-12-23(21)28)14-19(30)17-32-26-27-16-24(29(26)4-2)25-10-7-13-31-25/h5-13,15-16H,3-4,14,17H2,1-2H3. The number of nitrogens with zero attached hydrogens (tertiary/aromatic N) is 3. The van der Waals surface area contributed by atoms with Gasteiger partial charge in [-0.2, -0.15) is 0 Å². The molecule has 3 heterocycles. The van der Waals surface area contributed by atoms with Crippen LogP contribution in [0.15, 0.2) is 76.6 Å². The Bertz CT molecular complexity index is 1400. The lowest BCUT2D eigenvalue weighted by Gasteiger charge is -2.08. The molecular formula is C26H25N3O2S. The van der Waals surface area contributed by atoms with Gasteiger partial charge in [-0.15, -0.1) is 0 Å². The molecule has 5 aromatic rings. The number of Topliss-reactive ketones (excluding diaryl/α,β-unsaturated/α-hetero) is 1. The van der Waals surface area contributed by atoms with Crippen molar-refractivity contribution in [1.29, 1.82) is 0 Å². The zero-order valence-corrected chi connectivity index (χ0v) is 19.1. The fourth-order valence-electron chi connectivity index (χ4n) is 4.38. The monoisotopic (exact) mass is 443 g/mol. The molecule has 0 saturated carbocycles. The van der Waals surface area contributed by atoms with E-state index in [1.54, 1.807) is 6.26 Å². The second kappa shape index (κ2) is 8.71. The van der Waals surface area contributed by atoms with Gasteiger partial charge in [-0.1, -0.05) is 36.0 Å². The lowest BCUT2D eigenvalue weighted by Crippen LogP contribution is -2.07. The summed E-state index contributed by atoms with van der Waals surface area (Å²) in [4.78, 5) is 17.3. The number of aryl methyl sites for hydroxylation is 1. The summed E-state index contributed by atoms with van der Waals surface area (Å²) >= 11 is 1.49. The summed E-state index contributed by atoms with van der Waals surface area (Å²) in [5.74, 6) is 1.37. The zero-order valence-electron chi connectivity index (χ0n) is 18.2. The van der Waals surface area contributed by atoms with Gasteiger partial charge < -0.3 is 13.6 Å². The van der Waals surface area contributed by atoms with Crippen molar-refractivity contribution in [3.05, 3.63) is 72.6 Å². The van der Waals surface area contributed by atoms with Crippen LogP contribution < -0.4 is 0 Å². The third-order valence-corrected chi connectivity index (χ3v) is 6.88. The fourth-order valence-corrected chi connectivity index (χ4v) is 5.28. The molecular weight excluding hydrogens is 418 g/mol. The first kappa shape index (κ1) is 20.6. The average molecular weight is 444 g/mol. The molecule has 0 spiro atoms. The number of hydrogen-bond donors (Lipinski definition) is 0. The molecule has 0 fully saturated rings. The SMILES string of the molecule is CCn1c(-c2ccco2)cnc1SCC(=O)Cc1ccc2c(c1)c1ccccc1n2CC. The van der Waals surface area contributed by atoms with Gasteiger partial charge in [0.25, 0.3) is 0 Å². The molecule has 0 amide bonds. The number of fused-ring (bicyclic) bond motifs is 3.